The van der Waals surface area contributed by atoms with Crippen LogP contribution in [-0.2, 0) is 6.42 Å². The van der Waals surface area contributed by atoms with Crippen LogP contribution in [0.3, 0.4) is 0 Å². The minimum absolute atomic E-state index is 0.228. The highest BCUT2D eigenvalue weighted by Gasteiger charge is 2.25. The van der Waals surface area contributed by atoms with Gasteiger partial charge in [0.15, 0.2) is 0 Å². The van der Waals surface area contributed by atoms with Crippen molar-refractivity contribution in [2.24, 2.45) is 0 Å². The molecule has 1 aliphatic carbocycles. The molecule has 2 rings (SSSR count). The third-order valence-electron chi connectivity index (χ3n) is 2.65. The predicted molar refractivity (Wildman–Crippen MR) is 53.1 cm³/mol. The summed E-state index contributed by atoms with van der Waals surface area (Å²) in [5, 5.41) is 8.81. The molecule has 14 heavy (non-hydrogen) atoms. The summed E-state index contributed by atoms with van der Waals surface area (Å²) in [5.74, 6) is 0.528. The summed E-state index contributed by atoms with van der Waals surface area (Å²) in [6.07, 6.45) is 3.06. The van der Waals surface area contributed by atoms with E-state index in [4.69, 9.17) is 5.26 Å². The number of hydrogen-bond acceptors (Lipinski definition) is 2. The van der Waals surface area contributed by atoms with E-state index in [1.807, 2.05) is 19.1 Å². The lowest BCUT2D eigenvalue weighted by Gasteiger charge is -2.03. The minimum atomic E-state index is -0.228. The van der Waals surface area contributed by atoms with Crippen molar-refractivity contribution in [3.63, 3.8) is 0 Å². The largest absolute Gasteiger partial charge is 0.325 e. The fourth-order valence-corrected chi connectivity index (χ4v) is 1.65. The average Bonchev–Trinajstić information content (AvgIpc) is 2.99. The molecule has 1 N–H and O–H groups in total. The maximum Gasteiger partial charge on any atom is 0.266 e. The SMILES string of the molecule is CCc1cc(C2CC2)[nH]c(=O)c1C#N. The Balaban J connectivity index is 2.55. The second kappa shape index (κ2) is 3.30. The second-order valence-corrected chi connectivity index (χ2v) is 3.69. The lowest BCUT2D eigenvalue weighted by atomic mass is 10.1. The van der Waals surface area contributed by atoms with Gasteiger partial charge < -0.3 is 4.98 Å². The summed E-state index contributed by atoms with van der Waals surface area (Å²) in [6, 6.07) is 3.93. The van der Waals surface area contributed by atoms with Crippen LogP contribution in [0.5, 0.6) is 0 Å². The van der Waals surface area contributed by atoms with Gasteiger partial charge in [-0.2, -0.15) is 5.26 Å². The summed E-state index contributed by atoms with van der Waals surface area (Å²) in [4.78, 5) is 14.3. The lowest BCUT2D eigenvalue weighted by molar-refractivity contribution is 0.965. The molecule has 3 heteroatoms. The van der Waals surface area contributed by atoms with E-state index in [1.54, 1.807) is 0 Å². The van der Waals surface area contributed by atoms with Crippen LogP contribution in [0.4, 0.5) is 0 Å². The van der Waals surface area contributed by atoms with Gasteiger partial charge in [0, 0.05) is 5.69 Å². The van der Waals surface area contributed by atoms with Crippen molar-refractivity contribution < 1.29 is 0 Å². The smallest absolute Gasteiger partial charge is 0.266 e. The second-order valence-electron chi connectivity index (χ2n) is 3.69. The number of aromatic amines is 1. The van der Waals surface area contributed by atoms with Gasteiger partial charge in [-0.1, -0.05) is 6.92 Å². The van der Waals surface area contributed by atoms with Gasteiger partial charge in [-0.05, 0) is 36.8 Å². The van der Waals surface area contributed by atoms with Crippen LogP contribution in [0.1, 0.15) is 42.5 Å². The van der Waals surface area contributed by atoms with Crippen molar-refractivity contribution in [3.05, 3.63) is 33.2 Å². The van der Waals surface area contributed by atoms with Crippen LogP contribution in [-0.4, -0.2) is 4.98 Å². The Hall–Kier alpha value is -1.56. The Kier molecular flexibility index (Phi) is 2.12. The first-order valence-corrected chi connectivity index (χ1v) is 4.92. The molecule has 0 spiro atoms. The molecule has 1 fully saturated rings. The van der Waals surface area contributed by atoms with Gasteiger partial charge in [0.05, 0.1) is 0 Å². The van der Waals surface area contributed by atoms with Crippen LogP contribution in [0.15, 0.2) is 10.9 Å². The fraction of sp³-hybridized carbons (Fsp3) is 0.455. The molecule has 0 aromatic carbocycles. The molecule has 0 bridgehead atoms. The molecule has 1 heterocycles. The number of pyridine rings is 1. The van der Waals surface area contributed by atoms with Crippen LogP contribution in [0.2, 0.25) is 0 Å². The zero-order valence-electron chi connectivity index (χ0n) is 8.13. The Morgan fingerprint density at radius 2 is 2.36 bits per heavy atom. The lowest BCUT2D eigenvalue weighted by Crippen LogP contribution is -2.15. The average molecular weight is 188 g/mol. The zero-order valence-corrected chi connectivity index (χ0v) is 8.13. The molecule has 1 aliphatic rings. The first-order valence-electron chi connectivity index (χ1n) is 4.92. The number of aryl methyl sites for hydroxylation is 1. The Bertz CT molecular complexity index is 449. The highest BCUT2D eigenvalue weighted by molar-refractivity contribution is 5.37. The Morgan fingerprint density at radius 1 is 1.64 bits per heavy atom. The molecule has 0 atom stereocenters. The third kappa shape index (κ3) is 1.44. The molecule has 1 aromatic heterocycles. The fourth-order valence-electron chi connectivity index (χ4n) is 1.65. The van der Waals surface area contributed by atoms with Crippen molar-refractivity contribution >= 4 is 0 Å². The number of rotatable bonds is 2. The van der Waals surface area contributed by atoms with E-state index in [9.17, 15) is 4.79 Å². The van der Waals surface area contributed by atoms with Gasteiger partial charge in [0.25, 0.3) is 5.56 Å². The highest BCUT2D eigenvalue weighted by Crippen LogP contribution is 2.38. The third-order valence-corrected chi connectivity index (χ3v) is 2.65. The normalized spacial score (nSPS) is 15.1. The van der Waals surface area contributed by atoms with Gasteiger partial charge in [0.1, 0.15) is 11.6 Å². The summed E-state index contributed by atoms with van der Waals surface area (Å²) in [7, 11) is 0. The Labute approximate surface area is 82.4 Å². The van der Waals surface area contributed by atoms with Crippen molar-refractivity contribution in [1.82, 2.24) is 4.98 Å². The van der Waals surface area contributed by atoms with E-state index in [-0.39, 0.29) is 11.1 Å². The molecule has 0 aliphatic heterocycles. The number of nitrogens with zero attached hydrogens (tertiary/aromatic N) is 1. The molecule has 3 nitrogen and oxygen atoms in total. The number of H-pyrrole nitrogens is 1. The standard InChI is InChI=1S/C11H12N2O/c1-2-7-5-10(8-3-4-8)13-11(14)9(7)6-12/h5,8H,2-4H2,1H3,(H,13,14). The predicted octanol–water partition coefficient (Wildman–Crippen LogP) is 1.69. The van der Waals surface area contributed by atoms with Crippen molar-refractivity contribution in [2.75, 3.05) is 0 Å². The topological polar surface area (TPSA) is 56.6 Å². The first kappa shape index (κ1) is 9.01. The quantitative estimate of drug-likeness (QED) is 0.767. The van der Waals surface area contributed by atoms with Crippen LogP contribution in [0, 0.1) is 11.3 Å². The van der Waals surface area contributed by atoms with Crippen LogP contribution >= 0.6 is 0 Å². The number of hydrogen-bond donors (Lipinski definition) is 1. The molecule has 72 valence electrons. The summed E-state index contributed by atoms with van der Waals surface area (Å²) in [5.41, 5.74) is 1.93. The number of nitriles is 1. The van der Waals surface area contributed by atoms with E-state index in [1.165, 1.54) is 0 Å². The van der Waals surface area contributed by atoms with Crippen molar-refractivity contribution in [1.29, 1.82) is 5.26 Å². The van der Waals surface area contributed by atoms with E-state index < -0.39 is 0 Å². The zero-order chi connectivity index (χ0) is 10.1. The van der Waals surface area contributed by atoms with Gasteiger partial charge >= 0.3 is 0 Å². The molecular weight excluding hydrogens is 176 g/mol. The van der Waals surface area contributed by atoms with Gasteiger partial charge in [-0.3, -0.25) is 4.79 Å². The molecule has 1 aromatic rings. The number of aromatic nitrogens is 1. The van der Waals surface area contributed by atoms with E-state index in [2.05, 4.69) is 4.98 Å². The number of nitrogens with one attached hydrogen (secondary N) is 1. The van der Waals surface area contributed by atoms with E-state index >= 15 is 0 Å². The molecule has 0 amide bonds. The molecular formula is C11H12N2O. The van der Waals surface area contributed by atoms with Crippen LogP contribution in [0.25, 0.3) is 0 Å². The van der Waals surface area contributed by atoms with Gasteiger partial charge in [-0.15, -0.1) is 0 Å². The van der Waals surface area contributed by atoms with Gasteiger partial charge in [0.2, 0.25) is 0 Å². The monoisotopic (exact) mass is 188 g/mol. The molecule has 0 saturated heterocycles. The van der Waals surface area contributed by atoms with E-state index in [0.717, 1.165) is 30.5 Å². The van der Waals surface area contributed by atoms with E-state index in [0.29, 0.717) is 5.92 Å². The van der Waals surface area contributed by atoms with Crippen molar-refractivity contribution in [3.8, 4) is 6.07 Å². The summed E-state index contributed by atoms with van der Waals surface area (Å²) >= 11 is 0. The summed E-state index contributed by atoms with van der Waals surface area (Å²) in [6.45, 7) is 1.96. The Morgan fingerprint density at radius 3 is 2.86 bits per heavy atom. The molecule has 0 radical (unpaired) electrons. The first-order chi connectivity index (χ1) is 6.76. The minimum Gasteiger partial charge on any atom is -0.325 e. The maximum atomic E-state index is 11.5. The summed E-state index contributed by atoms with van der Waals surface area (Å²) < 4.78 is 0. The maximum absolute atomic E-state index is 11.5. The molecule has 1 saturated carbocycles. The van der Waals surface area contributed by atoms with Gasteiger partial charge in [-0.25, -0.2) is 0 Å². The molecule has 0 unspecified atom stereocenters. The highest BCUT2D eigenvalue weighted by atomic mass is 16.1. The van der Waals surface area contributed by atoms with Crippen LogP contribution < -0.4 is 5.56 Å². The van der Waals surface area contributed by atoms with Crippen molar-refractivity contribution in [2.45, 2.75) is 32.1 Å².